The molecule has 2 heterocycles. The Labute approximate surface area is 110 Å². The van der Waals surface area contributed by atoms with Gasteiger partial charge in [-0.05, 0) is 41.6 Å². The van der Waals surface area contributed by atoms with E-state index >= 15 is 0 Å². The van der Waals surface area contributed by atoms with Crippen LogP contribution in [-0.2, 0) is 6.42 Å². The van der Waals surface area contributed by atoms with E-state index in [1.165, 1.54) is 8.45 Å². The molecule has 0 aliphatic heterocycles. The fraction of sp³-hybridized carbons (Fsp3) is 0.333. The Morgan fingerprint density at radius 3 is 2.93 bits per heavy atom. The molecule has 2 aromatic heterocycles. The molecule has 0 unspecified atom stereocenters. The Balaban J connectivity index is 2.13. The van der Waals surface area contributed by atoms with Gasteiger partial charge in [0.1, 0.15) is 10.0 Å². The van der Waals surface area contributed by atoms with Gasteiger partial charge >= 0.3 is 0 Å². The highest BCUT2D eigenvalue weighted by Crippen LogP contribution is 2.29. The maximum absolute atomic E-state index is 5.45. The molecule has 2 rings (SSSR count). The van der Waals surface area contributed by atoms with Crippen LogP contribution >= 0.6 is 45.3 Å². The van der Waals surface area contributed by atoms with Gasteiger partial charge in [0.25, 0.3) is 0 Å². The zero-order chi connectivity index (χ0) is 10.7. The van der Waals surface area contributed by atoms with Crippen molar-refractivity contribution in [3.05, 3.63) is 19.3 Å². The SMILES string of the molecule is NCCCc1nnc(-c2csc(I)c2)s1. The van der Waals surface area contributed by atoms with Crippen LogP contribution in [0, 0.1) is 2.88 Å². The first-order valence-corrected chi connectivity index (χ1v) is 7.34. The van der Waals surface area contributed by atoms with Gasteiger partial charge in [0, 0.05) is 17.4 Å². The molecule has 0 atom stereocenters. The van der Waals surface area contributed by atoms with Gasteiger partial charge in [-0.25, -0.2) is 0 Å². The molecule has 0 fully saturated rings. The molecule has 6 heteroatoms. The lowest BCUT2D eigenvalue weighted by Crippen LogP contribution is -1.99. The number of aromatic nitrogens is 2. The van der Waals surface area contributed by atoms with E-state index in [1.807, 2.05) is 0 Å². The quantitative estimate of drug-likeness (QED) is 0.862. The second kappa shape index (κ2) is 5.33. The number of hydrogen-bond donors (Lipinski definition) is 1. The fourth-order valence-electron chi connectivity index (χ4n) is 1.15. The van der Waals surface area contributed by atoms with Crippen molar-refractivity contribution in [3.8, 4) is 10.6 Å². The summed E-state index contributed by atoms with van der Waals surface area (Å²) in [4.78, 5) is 0. The number of halogens is 1. The number of hydrogen-bond acceptors (Lipinski definition) is 5. The van der Waals surface area contributed by atoms with E-state index in [1.54, 1.807) is 22.7 Å². The molecule has 80 valence electrons. The van der Waals surface area contributed by atoms with Crippen molar-refractivity contribution in [2.75, 3.05) is 6.54 Å². The van der Waals surface area contributed by atoms with Crippen molar-refractivity contribution < 1.29 is 0 Å². The van der Waals surface area contributed by atoms with Crippen LogP contribution in [-0.4, -0.2) is 16.7 Å². The molecule has 0 aliphatic rings. The van der Waals surface area contributed by atoms with E-state index in [0.717, 1.165) is 22.9 Å². The normalized spacial score (nSPS) is 10.8. The topological polar surface area (TPSA) is 51.8 Å². The van der Waals surface area contributed by atoms with Crippen LogP contribution in [0.15, 0.2) is 11.4 Å². The predicted molar refractivity (Wildman–Crippen MR) is 73.3 cm³/mol. The molecule has 15 heavy (non-hydrogen) atoms. The summed E-state index contributed by atoms with van der Waals surface area (Å²) in [5.41, 5.74) is 6.64. The standard InChI is InChI=1S/C9H10IN3S2/c10-7-4-6(5-14-7)9-13-12-8(15-9)2-1-3-11/h4-5H,1-3,11H2. The number of nitrogens with two attached hydrogens (primary N) is 1. The van der Waals surface area contributed by atoms with Crippen LogP contribution in [0.5, 0.6) is 0 Å². The maximum Gasteiger partial charge on any atom is 0.148 e. The van der Waals surface area contributed by atoms with Gasteiger partial charge in [-0.2, -0.15) is 0 Å². The van der Waals surface area contributed by atoms with Crippen molar-refractivity contribution in [2.45, 2.75) is 12.8 Å². The second-order valence-corrected chi connectivity index (χ2v) is 6.90. The van der Waals surface area contributed by atoms with Crippen molar-refractivity contribution in [1.82, 2.24) is 10.2 Å². The highest BCUT2D eigenvalue weighted by atomic mass is 127. The van der Waals surface area contributed by atoms with Crippen LogP contribution in [0.2, 0.25) is 0 Å². The lowest BCUT2D eigenvalue weighted by atomic mass is 10.3. The Kier molecular flexibility index (Phi) is 4.06. The molecule has 0 radical (unpaired) electrons. The molecule has 0 bridgehead atoms. The highest BCUT2D eigenvalue weighted by Gasteiger charge is 2.07. The van der Waals surface area contributed by atoms with Crippen molar-refractivity contribution in [3.63, 3.8) is 0 Å². The minimum Gasteiger partial charge on any atom is -0.330 e. The molecule has 2 aromatic rings. The molecule has 0 aliphatic carbocycles. The first-order chi connectivity index (χ1) is 7.29. The molecule has 0 saturated heterocycles. The van der Waals surface area contributed by atoms with Gasteiger partial charge in [-0.1, -0.05) is 11.3 Å². The van der Waals surface area contributed by atoms with Gasteiger partial charge in [-0.15, -0.1) is 21.5 Å². The summed E-state index contributed by atoms with van der Waals surface area (Å²) in [7, 11) is 0. The lowest BCUT2D eigenvalue weighted by Gasteiger charge is -1.89. The van der Waals surface area contributed by atoms with E-state index in [4.69, 9.17) is 5.73 Å². The van der Waals surface area contributed by atoms with Gasteiger partial charge in [0.2, 0.25) is 0 Å². The molecule has 0 aromatic carbocycles. The Hall–Kier alpha value is -0.0500. The Morgan fingerprint density at radius 1 is 1.40 bits per heavy atom. The third kappa shape index (κ3) is 2.96. The van der Waals surface area contributed by atoms with Crippen LogP contribution in [0.3, 0.4) is 0 Å². The van der Waals surface area contributed by atoms with E-state index in [2.05, 4.69) is 44.2 Å². The van der Waals surface area contributed by atoms with Gasteiger partial charge in [-0.3, -0.25) is 0 Å². The Bertz CT molecular complexity index is 438. The van der Waals surface area contributed by atoms with Crippen LogP contribution < -0.4 is 5.73 Å². The summed E-state index contributed by atoms with van der Waals surface area (Å²) >= 11 is 5.71. The predicted octanol–water partition coefficient (Wildman–Crippen LogP) is 2.76. The van der Waals surface area contributed by atoms with Gasteiger partial charge < -0.3 is 5.73 Å². The second-order valence-electron chi connectivity index (χ2n) is 3.03. The van der Waals surface area contributed by atoms with E-state index in [0.29, 0.717) is 6.54 Å². The molecule has 0 saturated carbocycles. The first kappa shape index (κ1) is 11.4. The lowest BCUT2D eigenvalue weighted by molar-refractivity contribution is 0.812. The van der Waals surface area contributed by atoms with Crippen molar-refractivity contribution in [1.29, 1.82) is 0 Å². The smallest absolute Gasteiger partial charge is 0.148 e. The number of aryl methyl sites for hydroxylation is 1. The minimum absolute atomic E-state index is 0.714. The molecule has 0 amide bonds. The van der Waals surface area contributed by atoms with E-state index in [9.17, 15) is 0 Å². The summed E-state index contributed by atoms with van der Waals surface area (Å²) < 4.78 is 1.28. The van der Waals surface area contributed by atoms with E-state index < -0.39 is 0 Å². The summed E-state index contributed by atoms with van der Waals surface area (Å²) in [6.45, 7) is 0.714. The monoisotopic (exact) mass is 351 g/mol. The van der Waals surface area contributed by atoms with E-state index in [-0.39, 0.29) is 0 Å². The third-order valence-corrected chi connectivity index (χ3v) is 4.70. The van der Waals surface area contributed by atoms with Crippen LogP contribution in [0.4, 0.5) is 0 Å². The fourth-order valence-corrected chi connectivity index (χ4v) is 3.42. The van der Waals surface area contributed by atoms with Gasteiger partial charge in [0.05, 0.1) is 2.88 Å². The van der Waals surface area contributed by atoms with Crippen molar-refractivity contribution >= 4 is 45.3 Å². The first-order valence-electron chi connectivity index (χ1n) is 4.56. The zero-order valence-corrected chi connectivity index (χ0v) is 11.7. The van der Waals surface area contributed by atoms with Crippen molar-refractivity contribution in [2.24, 2.45) is 5.73 Å². The largest absolute Gasteiger partial charge is 0.330 e. The molecular formula is C9H10IN3S2. The third-order valence-electron chi connectivity index (χ3n) is 1.88. The summed E-state index contributed by atoms with van der Waals surface area (Å²) in [6.07, 6.45) is 1.92. The zero-order valence-electron chi connectivity index (χ0n) is 7.94. The number of nitrogens with zero attached hydrogens (tertiary/aromatic N) is 2. The maximum atomic E-state index is 5.45. The highest BCUT2D eigenvalue weighted by molar-refractivity contribution is 14.1. The molecule has 3 nitrogen and oxygen atoms in total. The molecular weight excluding hydrogens is 341 g/mol. The van der Waals surface area contributed by atoms with Gasteiger partial charge in [0.15, 0.2) is 0 Å². The number of rotatable bonds is 4. The number of thiophene rings is 1. The summed E-state index contributed by atoms with van der Waals surface area (Å²) in [5, 5.41) is 12.6. The minimum atomic E-state index is 0.714. The summed E-state index contributed by atoms with van der Waals surface area (Å²) in [6, 6.07) is 2.14. The van der Waals surface area contributed by atoms with Crippen LogP contribution in [0.1, 0.15) is 11.4 Å². The molecule has 2 N–H and O–H groups in total. The Morgan fingerprint density at radius 2 is 2.27 bits per heavy atom. The molecule has 0 spiro atoms. The van der Waals surface area contributed by atoms with Crippen LogP contribution in [0.25, 0.3) is 10.6 Å². The average molecular weight is 351 g/mol. The summed E-state index contributed by atoms with van der Waals surface area (Å²) in [5.74, 6) is 0. The average Bonchev–Trinajstić information content (AvgIpc) is 2.83.